The molecule has 0 bridgehead atoms. The third-order valence-electron chi connectivity index (χ3n) is 6.86. The van der Waals surface area contributed by atoms with Crippen molar-refractivity contribution in [2.75, 3.05) is 30.8 Å². The first-order valence-corrected chi connectivity index (χ1v) is 16.3. The highest BCUT2D eigenvalue weighted by Gasteiger charge is 2.30. The summed E-state index contributed by atoms with van der Waals surface area (Å²) in [5.41, 5.74) is 2.21. The molecule has 3 aromatic rings. The van der Waals surface area contributed by atoms with Gasteiger partial charge in [-0.3, -0.25) is 13.9 Å². The molecule has 0 saturated heterocycles. The minimum atomic E-state index is -3.60. The standard InChI is InChI=1S/C32H40ClN3O5S/c1-4-5-20-34-32(38)30(23-25-11-7-6-8-12-25)35(24-26-13-9-14-27(33)22-26)31(37)15-10-21-36(42(3,39)40)28-16-18-29(41-2)19-17-28/h6-9,11-14,16-19,22,30H,4-5,10,15,20-21,23-24H2,1-3H3,(H,34,38)/t30-/m1/s1. The molecule has 2 amide bonds. The van der Waals surface area contributed by atoms with Crippen LogP contribution < -0.4 is 14.4 Å². The van der Waals surface area contributed by atoms with Crippen molar-refractivity contribution in [1.82, 2.24) is 10.2 Å². The summed E-state index contributed by atoms with van der Waals surface area (Å²) in [5, 5.41) is 3.54. The molecular formula is C32H40ClN3O5S. The largest absolute Gasteiger partial charge is 0.497 e. The Bertz CT molecular complexity index is 1400. The van der Waals surface area contributed by atoms with Gasteiger partial charge in [-0.25, -0.2) is 8.42 Å². The second-order valence-electron chi connectivity index (χ2n) is 10.1. The summed E-state index contributed by atoms with van der Waals surface area (Å²) in [6.45, 7) is 2.86. The molecule has 3 rings (SSSR count). The lowest BCUT2D eigenvalue weighted by molar-refractivity contribution is -0.141. The van der Waals surface area contributed by atoms with E-state index in [1.807, 2.05) is 49.4 Å². The SMILES string of the molecule is CCCCNC(=O)[C@@H](Cc1ccccc1)N(Cc1cccc(Cl)c1)C(=O)CCCN(c1ccc(OC)cc1)S(C)(=O)=O. The minimum Gasteiger partial charge on any atom is -0.497 e. The van der Waals surface area contributed by atoms with Crippen LogP contribution in [0.15, 0.2) is 78.9 Å². The van der Waals surface area contributed by atoms with E-state index < -0.39 is 16.1 Å². The van der Waals surface area contributed by atoms with Gasteiger partial charge in [0.25, 0.3) is 0 Å². The number of amides is 2. The predicted octanol–water partition coefficient (Wildman–Crippen LogP) is 5.45. The van der Waals surface area contributed by atoms with Crippen molar-refractivity contribution in [3.63, 3.8) is 0 Å². The molecule has 0 saturated carbocycles. The van der Waals surface area contributed by atoms with E-state index in [0.717, 1.165) is 30.2 Å². The predicted molar refractivity (Wildman–Crippen MR) is 168 cm³/mol. The first kappa shape index (κ1) is 32.9. The number of rotatable bonds is 16. The number of carbonyl (C=O) groups is 2. The van der Waals surface area contributed by atoms with Gasteiger partial charge in [0, 0.05) is 37.5 Å². The van der Waals surface area contributed by atoms with Gasteiger partial charge in [-0.15, -0.1) is 0 Å². The fraction of sp³-hybridized carbons (Fsp3) is 0.375. The molecule has 1 atom stereocenters. The molecule has 0 aliphatic heterocycles. The number of nitrogens with one attached hydrogen (secondary N) is 1. The van der Waals surface area contributed by atoms with Gasteiger partial charge in [0.05, 0.1) is 19.1 Å². The average Bonchev–Trinajstić information content (AvgIpc) is 2.97. The molecule has 3 aromatic carbocycles. The van der Waals surface area contributed by atoms with E-state index in [1.165, 1.54) is 4.31 Å². The molecule has 0 aromatic heterocycles. The Morgan fingerprint density at radius 3 is 2.26 bits per heavy atom. The van der Waals surface area contributed by atoms with Crippen molar-refractivity contribution < 1.29 is 22.7 Å². The number of methoxy groups -OCH3 is 1. The maximum Gasteiger partial charge on any atom is 0.243 e. The molecule has 0 aliphatic carbocycles. The molecule has 1 N–H and O–H groups in total. The minimum absolute atomic E-state index is 0.0519. The van der Waals surface area contributed by atoms with Gasteiger partial charge in [0.15, 0.2) is 0 Å². The Balaban J connectivity index is 1.86. The molecule has 0 radical (unpaired) electrons. The third kappa shape index (κ3) is 10.1. The number of sulfonamides is 1. The Morgan fingerprint density at radius 1 is 0.952 bits per heavy atom. The number of hydrogen-bond acceptors (Lipinski definition) is 5. The zero-order valence-corrected chi connectivity index (χ0v) is 26.0. The van der Waals surface area contributed by atoms with Gasteiger partial charge in [0.2, 0.25) is 21.8 Å². The number of ether oxygens (including phenoxy) is 1. The van der Waals surface area contributed by atoms with Crippen molar-refractivity contribution in [3.05, 3.63) is 95.0 Å². The number of nitrogens with zero attached hydrogens (tertiary/aromatic N) is 2. The number of hydrogen-bond donors (Lipinski definition) is 1. The summed E-state index contributed by atoms with van der Waals surface area (Å²) >= 11 is 6.25. The fourth-order valence-corrected chi connectivity index (χ4v) is 5.82. The van der Waals surface area contributed by atoms with Crippen LogP contribution >= 0.6 is 11.6 Å². The maximum absolute atomic E-state index is 13.9. The van der Waals surface area contributed by atoms with Gasteiger partial charge < -0.3 is 15.0 Å². The van der Waals surface area contributed by atoms with E-state index in [-0.39, 0.29) is 37.7 Å². The molecule has 0 unspecified atom stereocenters. The van der Waals surface area contributed by atoms with E-state index in [1.54, 1.807) is 48.4 Å². The quantitative estimate of drug-likeness (QED) is 0.217. The molecule has 0 aliphatic rings. The lowest BCUT2D eigenvalue weighted by Crippen LogP contribution is -2.50. The van der Waals surface area contributed by atoms with Crippen molar-refractivity contribution in [1.29, 1.82) is 0 Å². The molecule has 42 heavy (non-hydrogen) atoms. The van der Waals surface area contributed by atoms with Crippen LogP contribution in [0.3, 0.4) is 0 Å². The first-order chi connectivity index (χ1) is 20.1. The average molecular weight is 614 g/mol. The van der Waals surface area contributed by atoms with Gasteiger partial charge in [-0.1, -0.05) is 67.4 Å². The monoisotopic (exact) mass is 613 g/mol. The lowest BCUT2D eigenvalue weighted by Gasteiger charge is -2.32. The normalized spacial score (nSPS) is 11.9. The van der Waals surface area contributed by atoms with Crippen LogP contribution in [0.25, 0.3) is 0 Å². The van der Waals surface area contributed by atoms with E-state index in [2.05, 4.69) is 5.32 Å². The van der Waals surface area contributed by atoms with Gasteiger partial charge in [-0.05, 0) is 60.4 Å². The van der Waals surface area contributed by atoms with Crippen molar-refractivity contribution >= 4 is 39.1 Å². The summed E-state index contributed by atoms with van der Waals surface area (Å²) in [7, 11) is -2.06. The number of anilines is 1. The number of carbonyl (C=O) groups excluding carboxylic acids is 2. The Labute approximate surface area is 254 Å². The highest BCUT2D eigenvalue weighted by molar-refractivity contribution is 7.92. The summed E-state index contributed by atoms with van der Waals surface area (Å²) in [4.78, 5) is 29.0. The molecule has 0 spiro atoms. The van der Waals surface area contributed by atoms with E-state index in [4.69, 9.17) is 16.3 Å². The summed E-state index contributed by atoms with van der Waals surface area (Å²) in [6, 6.07) is 22.8. The summed E-state index contributed by atoms with van der Waals surface area (Å²) in [6.07, 6.45) is 3.56. The molecule has 226 valence electrons. The van der Waals surface area contributed by atoms with Crippen LogP contribution in [0.5, 0.6) is 5.75 Å². The van der Waals surface area contributed by atoms with Crippen molar-refractivity contribution in [3.8, 4) is 5.75 Å². The highest BCUT2D eigenvalue weighted by atomic mass is 35.5. The molecule has 8 nitrogen and oxygen atoms in total. The Kier molecular flexibility index (Phi) is 12.7. The van der Waals surface area contributed by atoms with Crippen molar-refractivity contribution in [2.45, 2.75) is 51.6 Å². The zero-order chi connectivity index (χ0) is 30.5. The van der Waals surface area contributed by atoms with E-state index in [0.29, 0.717) is 29.4 Å². The second kappa shape index (κ2) is 16.2. The van der Waals surface area contributed by atoms with E-state index in [9.17, 15) is 18.0 Å². The van der Waals surface area contributed by atoms with Crippen LogP contribution in [0.2, 0.25) is 5.02 Å². The first-order valence-electron chi connectivity index (χ1n) is 14.1. The fourth-order valence-electron chi connectivity index (χ4n) is 4.64. The van der Waals surface area contributed by atoms with Crippen LogP contribution in [-0.4, -0.2) is 57.6 Å². The van der Waals surface area contributed by atoms with Gasteiger partial charge in [0.1, 0.15) is 11.8 Å². The number of halogens is 1. The third-order valence-corrected chi connectivity index (χ3v) is 8.28. The lowest BCUT2D eigenvalue weighted by atomic mass is 10.0. The van der Waals surface area contributed by atoms with Crippen molar-refractivity contribution in [2.24, 2.45) is 0 Å². The summed E-state index contributed by atoms with van der Waals surface area (Å²) < 4.78 is 31.7. The summed E-state index contributed by atoms with van der Waals surface area (Å²) in [5.74, 6) is 0.143. The topological polar surface area (TPSA) is 96.0 Å². The number of benzene rings is 3. The van der Waals surface area contributed by atoms with E-state index >= 15 is 0 Å². The number of unbranched alkanes of at least 4 members (excludes halogenated alkanes) is 1. The highest BCUT2D eigenvalue weighted by Crippen LogP contribution is 2.23. The van der Waals surface area contributed by atoms with Gasteiger partial charge >= 0.3 is 0 Å². The molecular weight excluding hydrogens is 574 g/mol. The van der Waals surface area contributed by atoms with Crippen LogP contribution in [0, 0.1) is 0 Å². The zero-order valence-electron chi connectivity index (χ0n) is 24.5. The van der Waals surface area contributed by atoms with Crippen LogP contribution in [0.1, 0.15) is 43.7 Å². The molecule has 0 fully saturated rings. The maximum atomic E-state index is 13.9. The van der Waals surface area contributed by atoms with Crippen LogP contribution in [-0.2, 0) is 32.6 Å². The Hall–Kier alpha value is -3.56. The Morgan fingerprint density at radius 2 is 1.64 bits per heavy atom. The smallest absolute Gasteiger partial charge is 0.243 e. The van der Waals surface area contributed by atoms with Gasteiger partial charge in [-0.2, -0.15) is 0 Å². The van der Waals surface area contributed by atoms with Crippen LogP contribution in [0.4, 0.5) is 5.69 Å². The second-order valence-corrected chi connectivity index (χ2v) is 12.5. The molecule has 10 heteroatoms. The molecule has 0 heterocycles.